The summed E-state index contributed by atoms with van der Waals surface area (Å²) in [7, 11) is 2.64. The largest absolute Gasteiger partial charge is 0.306 e. The molecule has 0 atom stereocenters. The van der Waals surface area contributed by atoms with Gasteiger partial charge in [0, 0.05) is 19.2 Å². The number of anilines is 1. The Hall–Kier alpha value is -2.94. The first-order valence-electron chi connectivity index (χ1n) is 6.58. The van der Waals surface area contributed by atoms with Crippen LogP contribution in [0.2, 0.25) is 0 Å². The lowest BCUT2D eigenvalue weighted by molar-refractivity contribution is -0.0760. The van der Waals surface area contributed by atoms with Crippen LogP contribution in [-0.2, 0) is 4.84 Å². The number of benzene rings is 1. The fraction of sp³-hybridized carbons (Fsp3) is 0.133. The Kier molecular flexibility index (Phi) is 5.14. The first kappa shape index (κ1) is 17.4. The predicted octanol–water partition coefficient (Wildman–Crippen LogP) is 2.38. The quantitative estimate of drug-likeness (QED) is 0.868. The van der Waals surface area contributed by atoms with Gasteiger partial charge in [0.1, 0.15) is 34.5 Å². The smallest absolute Gasteiger partial charge is 0.295 e. The summed E-state index contributed by atoms with van der Waals surface area (Å²) in [5.74, 6) is -5.71. The van der Waals surface area contributed by atoms with Crippen LogP contribution in [0.4, 0.5) is 19.0 Å². The molecule has 1 N–H and O–H groups in total. The zero-order valence-corrected chi connectivity index (χ0v) is 12.6. The lowest BCUT2D eigenvalue weighted by atomic mass is 10.1. The van der Waals surface area contributed by atoms with Crippen molar-refractivity contribution >= 4 is 17.6 Å². The molecule has 0 aliphatic heterocycles. The Morgan fingerprint density at radius 3 is 2.38 bits per heavy atom. The third-order valence-electron chi connectivity index (χ3n) is 3.00. The predicted molar refractivity (Wildman–Crippen MR) is 77.6 cm³/mol. The molecule has 0 bridgehead atoms. The molecule has 2 rings (SSSR count). The van der Waals surface area contributed by atoms with Crippen molar-refractivity contribution in [1.29, 1.82) is 0 Å². The van der Waals surface area contributed by atoms with Gasteiger partial charge in [0.25, 0.3) is 11.8 Å². The van der Waals surface area contributed by atoms with Crippen molar-refractivity contribution in [3.63, 3.8) is 0 Å². The average molecular weight is 339 g/mol. The van der Waals surface area contributed by atoms with Crippen LogP contribution in [0.5, 0.6) is 0 Å². The van der Waals surface area contributed by atoms with E-state index in [0.717, 1.165) is 5.06 Å². The van der Waals surface area contributed by atoms with Crippen molar-refractivity contribution < 1.29 is 27.6 Å². The number of pyridine rings is 1. The van der Waals surface area contributed by atoms with Crippen LogP contribution in [0.25, 0.3) is 0 Å². The zero-order chi connectivity index (χ0) is 17.9. The molecule has 24 heavy (non-hydrogen) atoms. The molecule has 0 unspecified atom stereocenters. The molecule has 0 fully saturated rings. The number of nitrogens with one attached hydrogen (secondary N) is 1. The van der Waals surface area contributed by atoms with E-state index in [1.54, 1.807) is 0 Å². The molecule has 0 spiro atoms. The maximum absolute atomic E-state index is 13.6. The van der Waals surface area contributed by atoms with Crippen molar-refractivity contribution in [1.82, 2.24) is 10.0 Å². The molecule has 1 heterocycles. The minimum atomic E-state index is -1.35. The van der Waals surface area contributed by atoms with Crippen LogP contribution in [-0.4, -0.2) is 36.0 Å². The molecule has 1 aromatic heterocycles. The van der Waals surface area contributed by atoms with Gasteiger partial charge in [-0.05, 0) is 12.1 Å². The van der Waals surface area contributed by atoms with Crippen LogP contribution >= 0.6 is 0 Å². The second-order valence-corrected chi connectivity index (χ2v) is 4.59. The maximum atomic E-state index is 13.6. The van der Waals surface area contributed by atoms with Crippen molar-refractivity contribution in [2.75, 3.05) is 19.5 Å². The van der Waals surface area contributed by atoms with Crippen LogP contribution in [0.1, 0.15) is 20.8 Å². The molecule has 126 valence electrons. The van der Waals surface area contributed by atoms with E-state index in [2.05, 4.69) is 10.3 Å². The number of carbonyl (C=O) groups excluding carboxylic acids is 2. The SMILES string of the molecule is CON(C)C(=O)c1cccc(NC(=O)c2c(F)cc(F)cc2F)n1. The van der Waals surface area contributed by atoms with Gasteiger partial charge >= 0.3 is 0 Å². The molecular formula is C15H12F3N3O3. The van der Waals surface area contributed by atoms with Gasteiger partial charge in [0.2, 0.25) is 0 Å². The number of aromatic nitrogens is 1. The summed E-state index contributed by atoms with van der Waals surface area (Å²) in [5.41, 5.74) is -1.01. The van der Waals surface area contributed by atoms with Crippen molar-refractivity contribution in [2.45, 2.75) is 0 Å². The first-order chi connectivity index (χ1) is 11.3. The Bertz CT molecular complexity index is 776. The summed E-state index contributed by atoms with van der Waals surface area (Å²) in [6.07, 6.45) is 0. The molecule has 0 radical (unpaired) electrons. The van der Waals surface area contributed by atoms with Crippen LogP contribution in [0, 0.1) is 17.5 Å². The van der Waals surface area contributed by atoms with E-state index in [1.165, 1.54) is 32.4 Å². The van der Waals surface area contributed by atoms with Crippen LogP contribution < -0.4 is 5.32 Å². The van der Waals surface area contributed by atoms with Gasteiger partial charge in [-0.1, -0.05) is 6.07 Å². The second kappa shape index (κ2) is 7.09. The van der Waals surface area contributed by atoms with Crippen molar-refractivity contribution in [2.24, 2.45) is 0 Å². The number of rotatable bonds is 4. The highest BCUT2D eigenvalue weighted by Gasteiger charge is 2.20. The van der Waals surface area contributed by atoms with E-state index in [-0.39, 0.29) is 11.5 Å². The normalized spacial score (nSPS) is 10.4. The minimum Gasteiger partial charge on any atom is -0.306 e. The lowest BCUT2D eigenvalue weighted by Gasteiger charge is -2.13. The summed E-state index contributed by atoms with van der Waals surface area (Å²) >= 11 is 0. The second-order valence-electron chi connectivity index (χ2n) is 4.59. The molecular weight excluding hydrogens is 327 g/mol. The van der Waals surface area contributed by atoms with Crippen molar-refractivity contribution in [3.8, 4) is 0 Å². The fourth-order valence-electron chi connectivity index (χ4n) is 1.81. The Morgan fingerprint density at radius 1 is 1.17 bits per heavy atom. The van der Waals surface area contributed by atoms with Crippen molar-refractivity contribution in [3.05, 3.63) is 59.0 Å². The number of hydroxylamine groups is 2. The summed E-state index contributed by atoms with van der Waals surface area (Å²) in [4.78, 5) is 32.4. The molecule has 0 aliphatic rings. The minimum absolute atomic E-state index is 0.0581. The van der Waals surface area contributed by atoms with Gasteiger partial charge in [0.15, 0.2) is 0 Å². The number of carbonyl (C=O) groups is 2. The highest BCUT2D eigenvalue weighted by atomic mass is 19.1. The van der Waals surface area contributed by atoms with E-state index in [4.69, 9.17) is 4.84 Å². The average Bonchev–Trinajstić information content (AvgIpc) is 2.52. The van der Waals surface area contributed by atoms with Gasteiger partial charge in [-0.15, -0.1) is 0 Å². The van der Waals surface area contributed by atoms with E-state index in [0.29, 0.717) is 12.1 Å². The molecule has 6 nitrogen and oxygen atoms in total. The zero-order valence-electron chi connectivity index (χ0n) is 12.6. The molecule has 1 aromatic carbocycles. The van der Waals surface area contributed by atoms with E-state index < -0.39 is 34.8 Å². The molecule has 2 aromatic rings. The number of nitrogens with zero attached hydrogens (tertiary/aromatic N) is 2. The third-order valence-corrected chi connectivity index (χ3v) is 3.00. The van der Waals surface area contributed by atoms with E-state index >= 15 is 0 Å². The molecule has 0 saturated carbocycles. The topological polar surface area (TPSA) is 71.5 Å². The molecule has 9 heteroatoms. The number of hydrogen-bond acceptors (Lipinski definition) is 4. The molecule has 0 aliphatic carbocycles. The summed E-state index contributed by atoms with van der Waals surface area (Å²) in [6.45, 7) is 0. The highest BCUT2D eigenvalue weighted by molar-refractivity contribution is 6.04. The van der Waals surface area contributed by atoms with E-state index in [9.17, 15) is 22.8 Å². The summed E-state index contributed by atoms with van der Waals surface area (Å²) < 4.78 is 40.0. The highest BCUT2D eigenvalue weighted by Crippen LogP contribution is 2.17. The van der Waals surface area contributed by atoms with Gasteiger partial charge in [-0.25, -0.2) is 23.2 Å². The fourth-order valence-corrected chi connectivity index (χ4v) is 1.81. The maximum Gasteiger partial charge on any atom is 0.295 e. The van der Waals surface area contributed by atoms with E-state index in [1.807, 2.05) is 0 Å². The van der Waals surface area contributed by atoms with Gasteiger partial charge in [0.05, 0.1) is 7.11 Å². The van der Waals surface area contributed by atoms with Crippen LogP contribution in [0.15, 0.2) is 30.3 Å². The number of hydrogen-bond donors (Lipinski definition) is 1. The number of amides is 2. The monoisotopic (exact) mass is 339 g/mol. The van der Waals surface area contributed by atoms with Crippen LogP contribution in [0.3, 0.4) is 0 Å². The first-order valence-corrected chi connectivity index (χ1v) is 6.58. The van der Waals surface area contributed by atoms with Gasteiger partial charge in [-0.2, -0.15) is 0 Å². The third kappa shape index (κ3) is 3.69. The van der Waals surface area contributed by atoms with Gasteiger partial charge in [-0.3, -0.25) is 14.4 Å². The molecule has 2 amide bonds. The molecule has 0 saturated heterocycles. The Morgan fingerprint density at radius 2 is 1.79 bits per heavy atom. The summed E-state index contributed by atoms with van der Waals surface area (Å²) in [6, 6.07) is 4.88. The Balaban J connectivity index is 2.26. The van der Waals surface area contributed by atoms with Gasteiger partial charge < -0.3 is 5.32 Å². The lowest BCUT2D eigenvalue weighted by Crippen LogP contribution is -2.26. The summed E-state index contributed by atoms with van der Waals surface area (Å²) in [5, 5.41) is 3.06. The standard InChI is InChI=1S/C15H12F3N3O3/c1-21(24-2)15(23)11-4-3-5-12(19-11)20-14(22)13-9(17)6-8(16)7-10(13)18/h3-7H,1-2H3,(H,19,20,22). The number of halogens is 3. The Labute approximate surface area is 134 Å².